The Balaban J connectivity index is 0.000000232. The molecule has 0 aliphatic carbocycles. The van der Waals surface area contributed by atoms with Gasteiger partial charge in [0.05, 0.1) is 6.67 Å². The van der Waals surface area contributed by atoms with Crippen LogP contribution < -0.4 is 14.5 Å². The molecule has 0 bridgehead atoms. The van der Waals surface area contributed by atoms with Crippen LogP contribution in [0.15, 0.2) is 42.5 Å². The molecule has 0 unspecified atom stereocenters. The third-order valence-corrected chi connectivity index (χ3v) is 8.47. The summed E-state index contributed by atoms with van der Waals surface area (Å²) in [6.45, 7) is 20.2. The van der Waals surface area contributed by atoms with Gasteiger partial charge >= 0.3 is 112 Å². The fourth-order valence-corrected chi connectivity index (χ4v) is 7.25. The first-order chi connectivity index (χ1) is 18.8. The molecule has 0 radical (unpaired) electrons. The first-order valence-electron chi connectivity index (χ1n) is 13.2. The number of aryl methyl sites for hydroxylation is 6. The third-order valence-electron chi connectivity index (χ3n) is 6.64. The average Bonchev–Trinajstić information content (AvgIpc) is 3.27. The fourth-order valence-electron chi connectivity index (χ4n) is 5.47. The van der Waals surface area contributed by atoms with E-state index in [9.17, 15) is 10.1 Å². The zero-order valence-electron chi connectivity index (χ0n) is 24.5. The number of non-ortho nitro benzene ring substituents is 1. The molecule has 218 valence electrons. The van der Waals surface area contributed by atoms with Crippen LogP contribution in [-0.2, 0) is 13.5 Å². The van der Waals surface area contributed by atoms with E-state index in [1.807, 2.05) is 13.8 Å². The van der Waals surface area contributed by atoms with E-state index in [-0.39, 0.29) is 11.8 Å². The molecular weight excluding hydrogens is 634 g/mol. The van der Waals surface area contributed by atoms with Crippen LogP contribution in [0, 0.1) is 51.7 Å². The van der Waals surface area contributed by atoms with Gasteiger partial charge in [0.25, 0.3) is 0 Å². The van der Waals surface area contributed by atoms with Gasteiger partial charge in [0.2, 0.25) is 0 Å². The number of hydrogen-bond acceptors (Lipinski definition) is 5. The van der Waals surface area contributed by atoms with Crippen molar-refractivity contribution in [1.82, 2.24) is 0 Å². The number of benzene rings is 3. The Morgan fingerprint density at radius 1 is 0.850 bits per heavy atom. The maximum absolute atomic E-state index is 10.7. The van der Waals surface area contributed by atoms with Gasteiger partial charge in [-0.1, -0.05) is 35.4 Å². The largest absolute Gasteiger partial charge is 0.352 e. The molecular formula is C31H39Cl2N3O3Ru. The number of hydrogen-bond donors (Lipinski definition) is 0. The van der Waals surface area contributed by atoms with Crippen molar-refractivity contribution in [2.75, 3.05) is 29.6 Å². The minimum atomic E-state index is -2.05. The molecule has 3 aromatic rings. The molecule has 4 rings (SSSR count). The maximum Gasteiger partial charge on any atom is 0.0904 e. The van der Waals surface area contributed by atoms with Crippen LogP contribution in [0.5, 0.6) is 5.75 Å². The maximum atomic E-state index is 10.7. The van der Waals surface area contributed by atoms with Crippen LogP contribution in [0.1, 0.15) is 52.8 Å². The second-order valence-corrected chi connectivity index (χ2v) is 16.3. The predicted octanol–water partition coefficient (Wildman–Crippen LogP) is 8.28. The third kappa shape index (κ3) is 8.28. The quantitative estimate of drug-likeness (QED) is 0.150. The fraction of sp³-hybridized carbons (Fsp3) is 0.387. The first kappa shape index (κ1) is 32.1. The standard InChI is InChI=1S/C21H28N2.C10H11NO3.2ClH.Ru/c1-14-9-16(3)20(17(4)10-14)22-7-8-23(13-22)21-18(5)11-15(2)12-19(21)6;1-7(2)14-10-5-4-9(11(12)13)6-8(10)3;;;/h9-12H,7-8,13H2,1-6H3;3-7H,1-2H3;2*1H;/q;;;;+2/p-2. The summed E-state index contributed by atoms with van der Waals surface area (Å²) in [6, 6.07) is 13.6. The summed E-state index contributed by atoms with van der Waals surface area (Å²) in [6.07, 6.45) is -0.0186. The van der Waals surface area contributed by atoms with Gasteiger partial charge in [-0.05, 0) is 63.8 Å². The Morgan fingerprint density at radius 3 is 1.68 bits per heavy atom. The summed E-state index contributed by atoms with van der Waals surface area (Å²) in [4.78, 5) is 15.3. The Labute approximate surface area is 251 Å². The SMILES string of the molecule is CC(C)Oc1ccc([N+](=O)[O-])cc1[CH]=[Ru]([Cl])[Cl].Cc1cc(C)c(N2CCN(c3c(C)cc(C)cc3C)C2)c(C)c1. The molecule has 0 atom stereocenters. The van der Waals surface area contributed by atoms with E-state index in [2.05, 4.69) is 75.6 Å². The molecule has 0 N–H and O–H groups in total. The molecule has 40 heavy (non-hydrogen) atoms. The van der Waals surface area contributed by atoms with Gasteiger partial charge in [0.1, 0.15) is 0 Å². The second kappa shape index (κ2) is 13.9. The van der Waals surface area contributed by atoms with Crippen molar-refractivity contribution in [3.8, 4) is 5.75 Å². The van der Waals surface area contributed by atoms with Gasteiger partial charge < -0.3 is 9.80 Å². The smallest absolute Gasteiger partial charge is 0.0904 e. The van der Waals surface area contributed by atoms with E-state index in [0.29, 0.717) is 11.3 Å². The van der Waals surface area contributed by atoms with Gasteiger partial charge in [-0.3, -0.25) is 0 Å². The van der Waals surface area contributed by atoms with Crippen molar-refractivity contribution in [1.29, 1.82) is 0 Å². The van der Waals surface area contributed by atoms with E-state index in [1.54, 1.807) is 10.7 Å². The number of halogens is 2. The Kier molecular flexibility index (Phi) is 11.2. The van der Waals surface area contributed by atoms with E-state index in [4.69, 9.17) is 24.1 Å². The van der Waals surface area contributed by atoms with E-state index in [0.717, 1.165) is 19.8 Å². The summed E-state index contributed by atoms with van der Waals surface area (Å²) in [5.41, 5.74) is 11.7. The normalized spacial score (nSPS) is 13.2. The number of anilines is 2. The molecule has 1 fully saturated rings. The summed E-state index contributed by atoms with van der Waals surface area (Å²) < 4.78 is 7.17. The summed E-state index contributed by atoms with van der Waals surface area (Å²) in [5.74, 6) is 0.561. The van der Waals surface area contributed by atoms with E-state index < -0.39 is 18.4 Å². The summed E-state index contributed by atoms with van der Waals surface area (Å²) in [5, 5.41) is 10.7. The number of nitro groups is 1. The van der Waals surface area contributed by atoms with Gasteiger partial charge in [-0.15, -0.1) is 0 Å². The van der Waals surface area contributed by atoms with Crippen molar-refractivity contribution in [2.45, 2.75) is 61.5 Å². The topological polar surface area (TPSA) is 58.9 Å². The van der Waals surface area contributed by atoms with Gasteiger partial charge in [-0.2, -0.15) is 0 Å². The zero-order valence-corrected chi connectivity index (χ0v) is 27.7. The monoisotopic (exact) mass is 673 g/mol. The molecule has 9 heteroatoms. The average molecular weight is 674 g/mol. The number of nitrogens with zero attached hydrogens (tertiary/aromatic N) is 3. The zero-order chi connectivity index (χ0) is 29.7. The summed E-state index contributed by atoms with van der Waals surface area (Å²) >= 11 is -2.05. The molecule has 0 amide bonds. The molecule has 0 spiro atoms. The first-order valence-corrected chi connectivity index (χ1v) is 18.7. The van der Waals surface area contributed by atoms with Crippen molar-refractivity contribution >= 4 is 41.1 Å². The van der Waals surface area contributed by atoms with Crippen LogP contribution in [0.2, 0.25) is 0 Å². The Hall–Kier alpha value is -2.47. The van der Waals surface area contributed by atoms with Gasteiger partial charge in [0, 0.05) is 24.5 Å². The van der Waals surface area contributed by atoms with Crippen LogP contribution in [0.25, 0.3) is 0 Å². The predicted molar refractivity (Wildman–Crippen MR) is 167 cm³/mol. The van der Waals surface area contributed by atoms with E-state index >= 15 is 0 Å². The summed E-state index contributed by atoms with van der Waals surface area (Å²) in [7, 11) is 11.6. The molecule has 0 saturated carbocycles. The van der Waals surface area contributed by atoms with Crippen LogP contribution >= 0.6 is 19.4 Å². The number of nitro benzene ring substituents is 1. The molecule has 1 saturated heterocycles. The minimum absolute atomic E-state index is 0.00360. The van der Waals surface area contributed by atoms with Crippen molar-refractivity contribution in [3.05, 3.63) is 91.5 Å². The Bertz CT molecular complexity index is 1310. The van der Waals surface area contributed by atoms with Crippen molar-refractivity contribution < 1.29 is 23.2 Å². The van der Waals surface area contributed by atoms with Gasteiger partial charge in [0.15, 0.2) is 0 Å². The van der Waals surface area contributed by atoms with Crippen molar-refractivity contribution in [2.24, 2.45) is 0 Å². The van der Waals surface area contributed by atoms with Crippen LogP contribution in [0.4, 0.5) is 17.1 Å². The van der Waals surface area contributed by atoms with Crippen molar-refractivity contribution in [3.63, 3.8) is 0 Å². The van der Waals surface area contributed by atoms with E-state index in [1.165, 1.54) is 56.9 Å². The van der Waals surface area contributed by atoms with Crippen LogP contribution in [0.3, 0.4) is 0 Å². The molecule has 1 heterocycles. The Morgan fingerprint density at radius 2 is 1.30 bits per heavy atom. The number of ether oxygens (including phenoxy) is 1. The molecule has 0 aromatic heterocycles. The van der Waals surface area contributed by atoms with Gasteiger partial charge in [-0.25, -0.2) is 0 Å². The molecule has 1 aliphatic heterocycles. The number of rotatable bonds is 6. The van der Waals surface area contributed by atoms with Crippen LogP contribution in [-0.4, -0.2) is 35.4 Å². The minimum Gasteiger partial charge on any atom is -0.352 e. The molecule has 1 aliphatic rings. The molecule has 3 aromatic carbocycles. The molecule has 6 nitrogen and oxygen atoms in total. The second-order valence-electron chi connectivity index (χ2n) is 10.6.